The highest BCUT2D eigenvalue weighted by atomic mass is 16.5. The first-order valence-electron chi connectivity index (χ1n) is 4.03. The highest BCUT2D eigenvalue weighted by molar-refractivity contribution is 5.81. The van der Waals surface area contributed by atoms with E-state index in [1.54, 1.807) is 0 Å². The average molecular weight is 185 g/mol. The number of carbonyl (C=O) groups excluding carboxylic acids is 1. The predicted octanol–water partition coefficient (Wildman–Crippen LogP) is 1.42. The summed E-state index contributed by atoms with van der Waals surface area (Å²) in [5, 5.41) is 5.69. The van der Waals surface area contributed by atoms with Crippen molar-refractivity contribution in [3.63, 3.8) is 0 Å². The van der Waals surface area contributed by atoms with Gasteiger partial charge in [0.1, 0.15) is 0 Å². The van der Waals surface area contributed by atoms with Crippen LogP contribution in [0.2, 0.25) is 0 Å². The smallest absolute Gasteiger partial charge is 0.414 e. The molecule has 0 aliphatic carbocycles. The van der Waals surface area contributed by atoms with Gasteiger partial charge in [-0.3, -0.25) is 5.32 Å². The van der Waals surface area contributed by atoms with Crippen LogP contribution in [0.25, 0.3) is 0 Å². The zero-order valence-electron chi connectivity index (χ0n) is 7.32. The fraction of sp³-hybridized carbons (Fsp3) is 0.571. The van der Waals surface area contributed by atoms with E-state index in [1.807, 2.05) is 6.92 Å². The lowest BCUT2D eigenvalue weighted by Crippen LogP contribution is -2.15. The van der Waals surface area contributed by atoms with E-state index in [2.05, 4.69) is 20.0 Å². The molecule has 0 unspecified atom stereocenters. The van der Waals surface area contributed by atoms with Gasteiger partial charge in [0.05, 0.1) is 6.61 Å². The molecule has 1 aromatic heterocycles. The zero-order chi connectivity index (χ0) is 9.52. The molecule has 0 bridgehead atoms. The van der Waals surface area contributed by atoms with E-state index in [9.17, 15) is 4.79 Å². The van der Waals surface area contributed by atoms with Gasteiger partial charge >= 0.3 is 6.09 Å². The molecule has 0 aliphatic heterocycles. The second kappa shape index (κ2) is 5.13. The molecule has 1 aromatic rings. The lowest BCUT2D eigenvalue weighted by molar-refractivity contribution is 0.159. The van der Waals surface area contributed by atoms with Crippen molar-refractivity contribution < 1.29 is 14.1 Å². The van der Waals surface area contributed by atoms with Crippen molar-refractivity contribution in [2.45, 2.75) is 19.8 Å². The number of ether oxygens (including phenoxy) is 1. The monoisotopic (exact) mass is 185 g/mol. The molecule has 0 radical (unpaired) electrons. The molecule has 1 rings (SSSR count). The van der Waals surface area contributed by atoms with Gasteiger partial charge in [-0.25, -0.2) is 4.79 Å². The Balaban J connectivity index is 2.18. The summed E-state index contributed by atoms with van der Waals surface area (Å²) >= 11 is 0. The molecule has 0 saturated heterocycles. The van der Waals surface area contributed by atoms with E-state index < -0.39 is 6.09 Å². The van der Waals surface area contributed by atoms with Crippen molar-refractivity contribution in [3.05, 3.63) is 6.39 Å². The minimum Gasteiger partial charge on any atom is -0.449 e. The molecule has 72 valence electrons. The molecule has 13 heavy (non-hydrogen) atoms. The maximum Gasteiger partial charge on any atom is 0.414 e. The van der Waals surface area contributed by atoms with Gasteiger partial charge in [0, 0.05) is 0 Å². The van der Waals surface area contributed by atoms with Gasteiger partial charge in [-0.1, -0.05) is 13.3 Å². The highest BCUT2D eigenvalue weighted by Gasteiger charge is 2.05. The summed E-state index contributed by atoms with van der Waals surface area (Å²) in [5.74, 6) is 0.112. The van der Waals surface area contributed by atoms with Crippen LogP contribution in [0.4, 0.5) is 10.7 Å². The Morgan fingerprint density at radius 2 is 2.62 bits per heavy atom. The Kier molecular flexibility index (Phi) is 3.74. The summed E-state index contributed by atoms with van der Waals surface area (Å²) in [6.45, 7) is 2.42. The molecule has 6 nitrogen and oxygen atoms in total. The lowest BCUT2D eigenvalue weighted by atomic mass is 10.4. The molecule has 1 heterocycles. The number of amides is 1. The lowest BCUT2D eigenvalue weighted by Gasteiger charge is -2.01. The molecule has 1 amide bonds. The van der Waals surface area contributed by atoms with Crippen molar-refractivity contribution >= 4 is 12.0 Å². The highest BCUT2D eigenvalue weighted by Crippen LogP contribution is 1.96. The minimum absolute atomic E-state index is 0.112. The van der Waals surface area contributed by atoms with Gasteiger partial charge < -0.3 is 9.26 Å². The molecular formula is C7H11N3O3. The van der Waals surface area contributed by atoms with Crippen molar-refractivity contribution in [1.29, 1.82) is 0 Å². The number of nitrogens with one attached hydrogen (secondary N) is 1. The molecule has 0 fully saturated rings. The second-order valence-corrected chi connectivity index (χ2v) is 2.37. The molecule has 0 aliphatic rings. The van der Waals surface area contributed by atoms with Gasteiger partial charge in [-0.2, -0.15) is 4.98 Å². The predicted molar refractivity (Wildman–Crippen MR) is 44.2 cm³/mol. The van der Waals surface area contributed by atoms with E-state index in [4.69, 9.17) is 4.74 Å². The number of rotatable bonds is 4. The van der Waals surface area contributed by atoms with Crippen LogP contribution in [0.15, 0.2) is 10.9 Å². The standard InChI is InChI=1S/C7H11N3O3/c1-2-3-4-12-7(11)9-6-8-5-13-10-6/h5H,2-4H2,1H3,(H,9,10,11). The fourth-order valence-electron chi connectivity index (χ4n) is 0.662. The molecule has 6 heteroatoms. The van der Waals surface area contributed by atoms with Crippen LogP contribution in [0.3, 0.4) is 0 Å². The molecule has 1 N–H and O–H groups in total. The van der Waals surface area contributed by atoms with Crippen LogP contribution in [0.1, 0.15) is 19.8 Å². The SMILES string of the molecule is CCCCOC(=O)Nc1ncon1. The summed E-state index contributed by atoms with van der Waals surface area (Å²) in [6, 6.07) is 0. The van der Waals surface area contributed by atoms with E-state index in [1.165, 1.54) is 0 Å². The van der Waals surface area contributed by atoms with Gasteiger partial charge in [0.25, 0.3) is 5.95 Å². The quantitative estimate of drug-likeness (QED) is 0.717. The third-order valence-electron chi connectivity index (χ3n) is 1.31. The summed E-state index contributed by atoms with van der Waals surface area (Å²) in [7, 11) is 0. The number of aromatic nitrogens is 2. The number of unbranched alkanes of at least 4 members (excludes halogenated alkanes) is 1. The second-order valence-electron chi connectivity index (χ2n) is 2.37. The molecule has 0 aromatic carbocycles. The van der Waals surface area contributed by atoms with Crippen LogP contribution < -0.4 is 5.32 Å². The number of anilines is 1. The first kappa shape index (κ1) is 9.50. The number of hydrogen-bond donors (Lipinski definition) is 1. The summed E-state index contributed by atoms with van der Waals surface area (Å²) in [5.41, 5.74) is 0. The van der Waals surface area contributed by atoms with E-state index in [0.717, 1.165) is 19.2 Å². The Labute approximate surface area is 75.3 Å². The van der Waals surface area contributed by atoms with Gasteiger partial charge in [0.15, 0.2) is 0 Å². The topological polar surface area (TPSA) is 77.2 Å². The van der Waals surface area contributed by atoms with E-state index in [0.29, 0.717) is 6.61 Å². The molecule has 0 spiro atoms. The van der Waals surface area contributed by atoms with Gasteiger partial charge in [-0.15, -0.1) is 0 Å². The summed E-state index contributed by atoms with van der Waals surface area (Å²) in [6.07, 6.45) is 2.39. The van der Waals surface area contributed by atoms with Gasteiger partial charge in [0.2, 0.25) is 6.39 Å². The van der Waals surface area contributed by atoms with Crippen molar-refractivity contribution in [2.75, 3.05) is 11.9 Å². The van der Waals surface area contributed by atoms with Crippen molar-refractivity contribution in [3.8, 4) is 0 Å². The maximum atomic E-state index is 10.9. The Morgan fingerprint density at radius 1 is 1.77 bits per heavy atom. The zero-order valence-corrected chi connectivity index (χ0v) is 7.32. The van der Waals surface area contributed by atoms with E-state index >= 15 is 0 Å². The Hall–Kier alpha value is -1.59. The number of carbonyl (C=O) groups is 1. The summed E-state index contributed by atoms with van der Waals surface area (Å²) < 4.78 is 9.19. The van der Waals surface area contributed by atoms with Crippen LogP contribution in [-0.4, -0.2) is 22.8 Å². The molecule has 0 atom stereocenters. The van der Waals surface area contributed by atoms with Gasteiger partial charge in [-0.05, 0) is 11.6 Å². The Morgan fingerprint density at radius 3 is 3.23 bits per heavy atom. The third kappa shape index (κ3) is 3.55. The largest absolute Gasteiger partial charge is 0.449 e. The van der Waals surface area contributed by atoms with E-state index in [-0.39, 0.29) is 5.95 Å². The Bertz CT molecular complexity index is 247. The van der Waals surface area contributed by atoms with Crippen LogP contribution >= 0.6 is 0 Å². The van der Waals surface area contributed by atoms with Crippen molar-refractivity contribution in [1.82, 2.24) is 10.1 Å². The number of nitrogens with zero attached hydrogens (tertiary/aromatic N) is 2. The normalized spacial score (nSPS) is 9.62. The van der Waals surface area contributed by atoms with Crippen LogP contribution in [-0.2, 0) is 4.74 Å². The first-order chi connectivity index (χ1) is 6.33. The molecular weight excluding hydrogens is 174 g/mol. The van der Waals surface area contributed by atoms with Crippen LogP contribution in [0, 0.1) is 0 Å². The summed E-state index contributed by atoms with van der Waals surface area (Å²) in [4.78, 5) is 14.5. The van der Waals surface area contributed by atoms with Crippen molar-refractivity contribution in [2.24, 2.45) is 0 Å². The average Bonchev–Trinajstić information content (AvgIpc) is 2.57. The fourth-order valence-corrected chi connectivity index (χ4v) is 0.662. The third-order valence-corrected chi connectivity index (χ3v) is 1.31. The number of hydrogen-bond acceptors (Lipinski definition) is 5. The van der Waals surface area contributed by atoms with Crippen LogP contribution in [0.5, 0.6) is 0 Å². The molecule has 0 saturated carbocycles. The first-order valence-corrected chi connectivity index (χ1v) is 4.03. The maximum absolute atomic E-state index is 10.9. The minimum atomic E-state index is -0.560.